The first-order chi connectivity index (χ1) is 7.22. The lowest BCUT2D eigenvalue weighted by Gasteiger charge is -2.14. The summed E-state index contributed by atoms with van der Waals surface area (Å²) in [6, 6.07) is 4.34. The van der Waals surface area contributed by atoms with Gasteiger partial charge in [0.15, 0.2) is 11.6 Å². The van der Waals surface area contributed by atoms with Crippen molar-refractivity contribution >= 4 is 0 Å². The summed E-state index contributed by atoms with van der Waals surface area (Å²) in [5.74, 6) is 7.61. The van der Waals surface area contributed by atoms with Gasteiger partial charge in [0, 0.05) is 6.42 Å². The molecule has 1 aromatic carbocycles. The summed E-state index contributed by atoms with van der Waals surface area (Å²) in [5.41, 5.74) is 3.37. The third-order valence-corrected chi connectivity index (χ3v) is 2.10. The molecule has 1 unspecified atom stereocenters. The predicted octanol–water partition coefficient (Wildman–Crippen LogP) is 1.36. The highest BCUT2D eigenvalue weighted by atomic mass is 19.1. The Morgan fingerprint density at radius 3 is 2.93 bits per heavy atom. The molecule has 0 aliphatic carbocycles. The Kier molecular flexibility index (Phi) is 4.10. The van der Waals surface area contributed by atoms with Crippen LogP contribution in [0.2, 0.25) is 0 Å². The Hall–Kier alpha value is -1.57. The number of hydrazine groups is 1. The van der Waals surface area contributed by atoms with Gasteiger partial charge in [-0.3, -0.25) is 11.3 Å². The number of hydrogen-bond acceptors (Lipinski definition) is 3. The summed E-state index contributed by atoms with van der Waals surface area (Å²) in [5, 5.41) is 0. The summed E-state index contributed by atoms with van der Waals surface area (Å²) >= 11 is 0. The lowest BCUT2D eigenvalue weighted by Crippen LogP contribution is -2.27. The van der Waals surface area contributed by atoms with Crippen LogP contribution in [0, 0.1) is 18.2 Å². The van der Waals surface area contributed by atoms with Gasteiger partial charge in [-0.1, -0.05) is 6.07 Å². The molecule has 0 aliphatic heterocycles. The molecule has 0 aromatic heterocycles. The van der Waals surface area contributed by atoms with Crippen LogP contribution in [0.1, 0.15) is 18.0 Å². The van der Waals surface area contributed by atoms with Gasteiger partial charge in [-0.25, -0.2) is 4.39 Å². The van der Waals surface area contributed by atoms with Gasteiger partial charge >= 0.3 is 0 Å². The molecule has 0 fully saturated rings. The average Bonchev–Trinajstić information content (AvgIpc) is 2.27. The highest BCUT2D eigenvalue weighted by Gasteiger charge is 2.11. The third-order valence-electron chi connectivity index (χ3n) is 2.10. The maximum Gasteiger partial charge on any atom is 0.165 e. The molecule has 1 aromatic rings. The molecule has 80 valence electrons. The summed E-state index contributed by atoms with van der Waals surface area (Å²) < 4.78 is 18.0. The maximum absolute atomic E-state index is 13.1. The van der Waals surface area contributed by atoms with Crippen molar-refractivity contribution in [2.45, 2.75) is 12.5 Å². The largest absolute Gasteiger partial charge is 0.494 e. The molecule has 0 aliphatic rings. The van der Waals surface area contributed by atoms with Gasteiger partial charge in [-0.15, -0.1) is 12.3 Å². The zero-order valence-corrected chi connectivity index (χ0v) is 8.46. The molecule has 3 N–H and O–H groups in total. The van der Waals surface area contributed by atoms with Crippen LogP contribution in [0.4, 0.5) is 4.39 Å². The second kappa shape index (κ2) is 5.35. The van der Waals surface area contributed by atoms with E-state index in [9.17, 15) is 4.39 Å². The van der Waals surface area contributed by atoms with Crippen molar-refractivity contribution < 1.29 is 9.13 Å². The number of methoxy groups -OCH3 is 1. The van der Waals surface area contributed by atoms with Gasteiger partial charge in [0.1, 0.15) is 0 Å². The van der Waals surface area contributed by atoms with Gasteiger partial charge in [-0.05, 0) is 17.7 Å². The molecular weight excluding hydrogens is 195 g/mol. The van der Waals surface area contributed by atoms with E-state index < -0.39 is 5.82 Å². The highest BCUT2D eigenvalue weighted by molar-refractivity contribution is 5.32. The fourth-order valence-electron chi connectivity index (χ4n) is 1.28. The number of rotatable bonds is 4. The molecule has 15 heavy (non-hydrogen) atoms. The number of benzene rings is 1. The van der Waals surface area contributed by atoms with E-state index in [4.69, 9.17) is 17.0 Å². The number of nitrogens with one attached hydrogen (secondary N) is 1. The number of halogens is 1. The van der Waals surface area contributed by atoms with Crippen molar-refractivity contribution in [2.75, 3.05) is 7.11 Å². The topological polar surface area (TPSA) is 47.3 Å². The van der Waals surface area contributed by atoms with E-state index in [0.29, 0.717) is 6.42 Å². The summed E-state index contributed by atoms with van der Waals surface area (Å²) in [6.45, 7) is 0. The first-order valence-electron chi connectivity index (χ1n) is 4.46. The van der Waals surface area contributed by atoms with Crippen LogP contribution >= 0.6 is 0 Å². The van der Waals surface area contributed by atoms with Gasteiger partial charge in [0.2, 0.25) is 0 Å². The van der Waals surface area contributed by atoms with Gasteiger partial charge < -0.3 is 4.74 Å². The van der Waals surface area contributed by atoms with Crippen molar-refractivity contribution in [3.63, 3.8) is 0 Å². The molecule has 4 heteroatoms. The van der Waals surface area contributed by atoms with Crippen molar-refractivity contribution in [3.8, 4) is 18.1 Å². The van der Waals surface area contributed by atoms with Crippen molar-refractivity contribution in [2.24, 2.45) is 5.84 Å². The van der Waals surface area contributed by atoms with Crippen LogP contribution in [0.3, 0.4) is 0 Å². The SMILES string of the molecule is C#CCC(NN)c1ccc(F)c(OC)c1. The van der Waals surface area contributed by atoms with Crippen LogP contribution in [0.25, 0.3) is 0 Å². The fraction of sp³-hybridized carbons (Fsp3) is 0.273. The van der Waals surface area contributed by atoms with Crippen molar-refractivity contribution in [1.82, 2.24) is 5.43 Å². The van der Waals surface area contributed by atoms with E-state index in [2.05, 4.69) is 11.3 Å². The van der Waals surface area contributed by atoms with E-state index in [1.54, 1.807) is 12.1 Å². The summed E-state index contributed by atoms with van der Waals surface area (Å²) in [7, 11) is 1.41. The lowest BCUT2D eigenvalue weighted by atomic mass is 10.0. The molecule has 0 heterocycles. The Morgan fingerprint density at radius 2 is 2.40 bits per heavy atom. The van der Waals surface area contributed by atoms with Gasteiger partial charge in [0.25, 0.3) is 0 Å². The van der Waals surface area contributed by atoms with Gasteiger partial charge in [0.05, 0.1) is 13.2 Å². The Morgan fingerprint density at radius 1 is 1.67 bits per heavy atom. The van der Waals surface area contributed by atoms with E-state index >= 15 is 0 Å². The zero-order chi connectivity index (χ0) is 11.3. The Bertz CT molecular complexity index is 373. The van der Waals surface area contributed by atoms with Crippen molar-refractivity contribution in [3.05, 3.63) is 29.6 Å². The Labute approximate surface area is 88.4 Å². The smallest absolute Gasteiger partial charge is 0.165 e. The first kappa shape index (κ1) is 11.5. The second-order valence-corrected chi connectivity index (χ2v) is 3.02. The van der Waals surface area contributed by atoms with E-state index in [0.717, 1.165) is 5.56 Å². The lowest BCUT2D eigenvalue weighted by molar-refractivity contribution is 0.385. The van der Waals surface area contributed by atoms with Crippen LogP contribution in [-0.4, -0.2) is 7.11 Å². The third kappa shape index (κ3) is 2.69. The number of terminal acetylenes is 1. The average molecular weight is 208 g/mol. The molecule has 1 rings (SSSR count). The quantitative estimate of drug-likeness (QED) is 0.446. The molecule has 0 amide bonds. The number of ether oxygens (including phenoxy) is 1. The predicted molar refractivity (Wildman–Crippen MR) is 56.5 cm³/mol. The molecule has 1 atom stereocenters. The molecule has 0 spiro atoms. The molecule has 0 saturated carbocycles. The summed E-state index contributed by atoms with van der Waals surface area (Å²) in [4.78, 5) is 0. The minimum atomic E-state index is -0.405. The first-order valence-corrected chi connectivity index (χ1v) is 4.46. The maximum atomic E-state index is 13.1. The highest BCUT2D eigenvalue weighted by Crippen LogP contribution is 2.23. The molecule has 0 bridgehead atoms. The normalized spacial score (nSPS) is 11.9. The summed E-state index contributed by atoms with van der Waals surface area (Å²) in [6.07, 6.45) is 5.63. The fourth-order valence-corrected chi connectivity index (χ4v) is 1.28. The second-order valence-electron chi connectivity index (χ2n) is 3.02. The zero-order valence-electron chi connectivity index (χ0n) is 8.46. The standard InChI is InChI=1S/C11H13FN2O/c1-3-4-10(14-13)8-5-6-9(12)11(7-8)15-2/h1,5-7,10,14H,4,13H2,2H3. The number of hydrogen-bond donors (Lipinski definition) is 2. The van der Waals surface area contributed by atoms with E-state index in [1.165, 1.54) is 13.2 Å². The minimum absolute atomic E-state index is 0.185. The van der Waals surface area contributed by atoms with Crippen LogP contribution in [0.5, 0.6) is 5.75 Å². The molecule has 3 nitrogen and oxygen atoms in total. The van der Waals surface area contributed by atoms with E-state index in [1.807, 2.05) is 0 Å². The monoisotopic (exact) mass is 208 g/mol. The molecule has 0 saturated heterocycles. The van der Waals surface area contributed by atoms with Crippen LogP contribution in [0.15, 0.2) is 18.2 Å². The van der Waals surface area contributed by atoms with E-state index in [-0.39, 0.29) is 11.8 Å². The molecule has 0 radical (unpaired) electrons. The molecular formula is C11H13FN2O. The minimum Gasteiger partial charge on any atom is -0.494 e. The Balaban J connectivity index is 2.99. The van der Waals surface area contributed by atoms with Crippen molar-refractivity contribution in [1.29, 1.82) is 0 Å². The van der Waals surface area contributed by atoms with Gasteiger partial charge in [-0.2, -0.15) is 0 Å². The van der Waals surface area contributed by atoms with Crippen LogP contribution in [-0.2, 0) is 0 Å². The number of nitrogens with two attached hydrogens (primary N) is 1. The van der Waals surface area contributed by atoms with Crippen LogP contribution < -0.4 is 16.0 Å².